The summed E-state index contributed by atoms with van der Waals surface area (Å²) >= 11 is 11.0. The predicted octanol–water partition coefficient (Wildman–Crippen LogP) is 4.86. The van der Waals surface area contributed by atoms with Crippen LogP contribution in [0.5, 0.6) is 5.75 Å². The molecule has 0 aromatic heterocycles. The number of thioether (sulfide) groups is 1. The molecule has 0 aliphatic rings. The van der Waals surface area contributed by atoms with Crippen molar-refractivity contribution in [3.8, 4) is 5.75 Å². The second-order valence-electron chi connectivity index (χ2n) is 3.84. The number of benzene rings is 2. The molecule has 2 aromatic carbocycles. The molecule has 0 aliphatic carbocycles. The van der Waals surface area contributed by atoms with E-state index in [-0.39, 0.29) is 0 Å². The number of hydrogen-bond acceptors (Lipinski definition) is 3. The fraction of sp³-hybridized carbons (Fsp3) is 0.143. The lowest BCUT2D eigenvalue weighted by Crippen LogP contribution is -2.00. The van der Waals surface area contributed by atoms with Gasteiger partial charge in [-0.3, -0.25) is 0 Å². The van der Waals surface area contributed by atoms with E-state index in [1.165, 1.54) is 0 Å². The molecule has 2 rings (SSSR count). The molecule has 0 aliphatic heterocycles. The molecule has 0 unspecified atom stereocenters. The molecular formula is C14H13BrClNOS. The molecular weight excluding hydrogens is 346 g/mol. The van der Waals surface area contributed by atoms with E-state index in [9.17, 15) is 0 Å². The van der Waals surface area contributed by atoms with Gasteiger partial charge in [-0.15, -0.1) is 11.8 Å². The molecule has 100 valence electrons. The number of hydrogen-bond donors (Lipinski definition) is 1. The highest BCUT2D eigenvalue weighted by molar-refractivity contribution is 9.10. The van der Waals surface area contributed by atoms with Crippen LogP contribution in [0.4, 0.5) is 5.69 Å². The molecule has 2 nitrogen and oxygen atoms in total. The van der Waals surface area contributed by atoms with Crippen molar-refractivity contribution in [1.29, 1.82) is 0 Å². The molecule has 2 N–H and O–H groups in total. The van der Waals surface area contributed by atoms with Gasteiger partial charge >= 0.3 is 0 Å². The summed E-state index contributed by atoms with van der Waals surface area (Å²) in [5.74, 6) is 1.70. The highest BCUT2D eigenvalue weighted by Crippen LogP contribution is 2.29. The van der Waals surface area contributed by atoms with Crippen molar-refractivity contribution in [3.63, 3.8) is 0 Å². The van der Waals surface area contributed by atoms with Crippen molar-refractivity contribution in [2.75, 3.05) is 18.1 Å². The number of ether oxygens (including phenoxy) is 1. The minimum absolute atomic E-state index is 0.642. The highest BCUT2D eigenvalue weighted by atomic mass is 79.9. The zero-order chi connectivity index (χ0) is 13.7. The van der Waals surface area contributed by atoms with Gasteiger partial charge in [0.05, 0.1) is 6.61 Å². The van der Waals surface area contributed by atoms with Gasteiger partial charge in [0.15, 0.2) is 0 Å². The van der Waals surface area contributed by atoms with E-state index in [2.05, 4.69) is 15.9 Å². The molecule has 0 bridgehead atoms. The van der Waals surface area contributed by atoms with Crippen molar-refractivity contribution in [1.82, 2.24) is 0 Å². The summed E-state index contributed by atoms with van der Waals surface area (Å²) in [4.78, 5) is 1.16. The summed E-state index contributed by atoms with van der Waals surface area (Å²) in [5, 5.41) is 0.715. The Morgan fingerprint density at radius 2 is 1.89 bits per heavy atom. The maximum absolute atomic E-state index is 5.81. The van der Waals surface area contributed by atoms with Gasteiger partial charge in [-0.25, -0.2) is 0 Å². The van der Waals surface area contributed by atoms with E-state index in [0.717, 1.165) is 26.6 Å². The first-order valence-electron chi connectivity index (χ1n) is 5.71. The number of rotatable bonds is 5. The third-order valence-electron chi connectivity index (χ3n) is 2.38. The van der Waals surface area contributed by atoms with Crippen LogP contribution in [0.15, 0.2) is 51.8 Å². The Balaban J connectivity index is 1.79. The van der Waals surface area contributed by atoms with Crippen LogP contribution in [0.1, 0.15) is 0 Å². The van der Waals surface area contributed by atoms with Crippen LogP contribution in [-0.2, 0) is 0 Å². The quantitative estimate of drug-likeness (QED) is 0.471. The van der Waals surface area contributed by atoms with Crippen molar-refractivity contribution >= 4 is 45.0 Å². The number of nitrogens with two attached hydrogens (primary N) is 1. The summed E-state index contributed by atoms with van der Waals surface area (Å²) in [5.41, 5.74) is 6.45. The van der Waals surface area contributed by atoms with Gasteiger partial charge in [-0.05, 0) is 58.4 Å². The monoisotopic (exact) mass is 357 g/mol. The predicted molar refractivity (Wildman–Crippen MR) is 86.2 cm³/mol. The Morgan fingerprint density at radius 1 is 1.16 bits per heavy atom. The van der Waals surface area contributed by atoms with Crippen LogP contribution in [0.2, 0.25) is 5.02 Å². The molecule has 0 heterocycles. The normalized spacial score (nSPS) is 10.4. The Kier molecular flexibility index (Phi) is 5.43. The standard InChI is InChI=1S/C14H13BrClNOS/c15-13-9-11(17)3-6-14(13)19-8-7-18-12-4-1-10(16)2-5-12/h1-6,9H,7-8,17H2. The molecule has 0 atom stereocenters. The molecule has 5 heteroatoms. The van der Waals surface area contributed by atoms with E-state index >= 15 is 0 Å². The van der Waals surface area contributed by atoms with Crippen molar-refractivity contribution in [3.05, 3.63) is 52.0 Å². The largest absolute Gasteiger partial charge is 0.493 e. The van der Waals surface area contributed by atoms with Crippen LogP contribution in [-0.4, -0.2) is 12.4 Å². The van der Waals surface area contributed by atoms with Crippen LogP contribution >= 0.6 is 39.3 Å². The molecule has 0 saturated carbocycles. The van der Waals surface area contributed by atoms with Crippen LogP contribution < -0.4 is 10.5 Å². The topological polar surface area (TPSA) is 35.2 Å². The van der Waals surface area contributed by atoms with Crippen LogP contribution in [0, 0.1) is 0 Å². The first-order chi connectivity index (χ1) is 9.15. The SMILES string of the molecule is Nc1ccc(SCCOc2ccc(Cl)cc2)c(Br)c1. The molecule has 19 heavy (non-hydrogen) atoms. The third-order valence-corrected chi connectivity index (χ3v) is 4.59. The average molecular weight is 359 g/mol. The number of nitrogen functional groups attached to an aromatic ring is 1. The minimum Gasteiger partial charge on any atom is -0.493 e. The van der Waals surface area contributed by atoms with Gasteiger partial charge in [0.2, 0.25) is 0 Å². The summed E-state index contributed by atoms with van der Waals surface area (Å²) in [6, 6.07) is 13.2. The first-order valence-corrected chi connectivity index (χ1v) is 7.87. The zero-order valence-corrected chi connectivity index (χ0v) is 13.3. The highest BCUT2D eigenvalue weighted by Gasteiger charge is 2.01. The average Bonchev–Trinajstić information content (AvgIpc) is 2.39. The zero-order valence-electron chi connectivity index (χ0n) is 10.1. The van der Waals surface area contributed by atoms with Crippen molar-refractivity contribution < 1.29 is 4.74 Å². The summed E-state index contributed by atoms with van der Waals surface area (Å²) < 4.78 is 6.64. The smallest absolute Gasteiger partial charge is 0.119 e. The van der Waals surface area contributed by atoms with E-state index in [1.807, 2.05) is 42.5 Å². The fourth-order valence-electron chi connectivity index (χ4n) is 1.48. The van der Waals surface area contributed by atoms with Gasteiger partial charge in [0.25, 0.3) is 0 Å². The maximum Gasteiger partial charge on any atom is 0.119 e. The molecule has 0 radical (unpaired) electrons. The number of halogens is 2. The van der Waals surface area contributed by atoms with Crippen LogP contribution in [0.25, 0.3) is 0 Å². The van der Waals surface area contributed by atoms with Crippen LogP contribution in [0.3, 0.4) is 0 Å². The third kappa shape index (κ3) is 4.64. The van der Waals surface area contributed by atoms with Gasteiger partial charge in [0, 0.05) is 25.8 Å². The minimum atomic E-state index is 0.642. The molecule has 2 aromatic rings. The lowest BCUT2D eigenvalue weighted by Gasteiger charge is -2.07. The van der Waals surface area contributed by atoms with E-state index < -0.39 is 0 Å². The Bertz CT molecular complexity index is 548. The van der Waals surface area contributed by atoms with E-state index in [0.29, 0.717) is 11.6 Å². The van der Waals surface area contributed by atoms with Gasteiger partial charge < -0.3 is 10.5 Å². The summed E-state index contributed by atoms with van der Waals surface area (Å²) in [6.07, 6.45) is 0. The Hall–Kier alpha value is -0.840. The fourth-order valence-corrected chi connectivity index (χ4v) is 3.09. The number of anilines is 1. The molecule has 0 saturated heterocycles. The second kappa shape index (κ2) is 7.08. The molecule has 0 spiro atoms. The van der Waals surface area contributed by atoms with E-state index in [4.69, 9.17) is 22.1 Å². The Morgan fingerprint density at radius 3 is 2.58 bits per heavy atom. The maximum atomic E-state index is 5.81. The van der Waals surface area contributed by atoms with Gasteiger partial charge in [-0.2, -0.15) is 0 Å². The molecule has 0 fully saturated rings. The molecule has 0 amide bonds. The Labute approximate surface area is 130 Å². The second-order valence-corrected chi connectivity index (χ2v) is 6.27. The van der Waals surface area contributed by atoms with Crippen molar-refractivity contribution in [2.24, 2.45) is 0 Å². The van der Waals surface area contributed by atoms with Crippen molar-refractivity contribution in [2.45, 2.75) is 4.90 Å². The van der Waals surface area contributed by atoms with Gasteiger partial charge in [0.1, 0.15) is 5.75 Å². The lowest BCUT2D eigenvalue weighted by molar-refractivity contribution is 0.344. The van der Waals surface area contributed by atoms with Gasteiger partial charge in [-0.1, -0.05) is 11.6 Å². The first kappa shape index (κ1) is 14.6. The summed E-state index contributed by atoms with van der Waals surface area (Å²) in [7, 11) is 0. The van der Waals surface area contributed by atoms with E-state index in [1.54, 1.807) is 11.8 Å². The lowest BCUT2D eigenvalue weighted by atomic mass is 10.3. The summed E-state index contributed by atoms with van der Waals surface area (Å²) in [6.45, 7) is 0.642.